The summed E-state index contributed by atoms with van der Waals surface area (Å²) in [6.07, 6.45) is -1.48. The zero-order valence-corrected chi connectivity index (χ0v) is 12.2. The predicted molar refractivity (Wildman–Crippen MR) is 75.8 cm³/mol. The number of hydrogen-bond donors (Lipinski definition) is 1. The lowest BCUT2D eigenvalue weighted by atomic mass is 9.86. The number of dihydropyridines is 1. The predicted octanol–water partition coefficient (Wildman–Crippen LogP) is 3.74. The van der Waals surface area contributed by atoms with E-state index < -0.39 is 23.6 Å². The van der Waals surface area contributed by atoms with Gasteiger partial charge in [0.25, 0.3) is 0 Å². The van der Waals surface area contributed by atoms with E-state index in [9.17, 15) is 18.0 Å². The Morgan fingerprint density at radius 1 is 1.32 bits per heavy atom. The molecule has 3 nitrogen and oxygen atoms in total. The van der Waals surface area contributed by atoms with Gasteiger partial charge in [0.15, 0.2) is 0 Å². The molecule has 1 unspecified atom stereocenters. The molecule has 118 valence electrons. The number of benzene rings is 1. The number of halogens is 3. The maximum atomic E-state index is 13.2. The number of carbonyl (C=O) groups is 1. The maximum Gasteiger partial charge on any atom is 0.416 e. The number of nitrogens with one attached hydrogen (secondary N) is 1. The minimum absolute atomic E-state index is 0.0372. The van der Waals surface area contributed by atoms with Crippen molar-refractivity contribution in [1.29, 1.82) is 0 Å². The molecule has 0 saturated carbocycles. The third-order valence-electron chi connectivity index (χ3n) is 3.32. The van der Waals surface area contributed by atoms with E-state index in [0.29, 0.717) is 5.70 Å². The van der Waals surface area contributed by atoms with Gasteiger partial charge in [0.1, 0.15) is 0 Å². The average molecular weight is 311 g/mol. The smallest absolute Gasteiger partial charge is 0.416 e. The van der Waals surface area contributed by atoms with Crippen LogP contribution < -0.4 is 5.32 Å². The van der Waals surface area contributed by atoms with Gasteiger partial charge in [0, 0.05) is 17.8 Å². The van der Waals surface area contributed by atoms with Gasteiger partial charge in [-0.1, -0.05) is 24.3 Å². The summed E-state index contributed by atoms with van der Waals surface area (Å²) in [5, 5.41) is 2.85. The van der Waals surface area contributed by atoms with E-state index in [4.69, 9.17) is 4.74 Å². The first-order valence-electron chi connectivity index (χ1n) is 6.83. The van der Waals surface area contributed by atoms with Crippen LogP contribution in [0.2, 0.25) is 0 Å². The highest BCUT2D eigenvalue weighted by Crippen LogP contribution is 2.39. The molecular weight excluding hydrogens is 295 g/mol. The quantitative estimate of drug-likeness (QED) is 0.864. The molecule has 0 saturated heterocycles. The van der Waals surface area contributed by atoms with Gasteiger partial charge in [-0.15, -0.1) is 0 Å². The van der Waals surface area contributed by atoms with Gasteiger partial charge in [-0.2, -0.15) is 13.2 Å². The fraction of sp³-hybridized carbons (Fsp3) is 0.312. The molecule has 22 heavy (non-hydrogen) atoms. The second-order valence-corrected chi connectivity index (χ2v) is 4.88. The van der Waals surface area contributed by atoms with Crippen molar-refractivity contribution < 1.29 is 22.7 Å². The Kier molecular flexibility index (Phi) is 4.59. The molecule has 0 amide bonds. The third kappa shape index (κ3) is 3.32. The summed E-state index contributed by atoms with van der Waals surface area (Å²) < 4.78 is 44.6. The highest BCUT2D eigenvalue weighted by molar-refractivity contribution is 5.91. The summed E-state index contributed by atoms with van der Waals surface area (Å²) in [7, 11) is 0. The van der Waals surface area contributed by atoms with Gasteiger partial charge in [-0.3, -0.25) is 0 Å². The van der Waals surface area contributed by atoms with Crippen molar-refractivity contribution >= 4 is 5.97 Å². The van der Waals surface area contributed by atoms with Crippen molar-refractivity contribution in [2.24, 2.45) is 0 Å². The van der Waals surface area contributed by atoms with Crippen LogP contribution in [-0.2, 0) is 15.7 Å². The van der Waals surface area contributed by atoms with Crippen LogP contribution in [0.25, 0.3) is 0 Å². The van der Waals surface area contributed by atoms with E-state index >= 15 is 0 Å². The molecule has 1 aromatic rings. The zero-order valence-electron chi connectivity index (χ0n) is 12.2. The highest BCUT2D eigenvalue weighted by atomic mass is 19.4. The van der Waals surface area contributed by atoms with Gasteiger partial charge in [0.2, 0.25) is 0 Å². The van der Waals surface area contributed by atoms with Crippen LogP contribution in [0.3, 0.4) is 0 Å². The highest BCUT2D eigenvalue weighted by Gasteiger charge is 2.37. The molecule has 0 aliphatic carbocycles. The average Bonchev–Trinajstić information content (AvgIpc) is 2.46. The van der Waals surface area contributed by atoms with E-state index in [-0.39, 0.29) is 17.7 Å². The minimum atomic E-state index is -4.48. The lowest BCUT2D eigenvalue weighted by Crippen LogP contribution is -2.23. The van der Waals surface area contributed by atoms with Crippen LogP contribution in [0.1, 0.15) is 30.9 Å². The molecule has 0 bridgehead atoms. The molecule has 1 N–H and O–H groups in total. The number of allylic oxidation sites excluding steroid dienone is 2. The molecule has 0 fully saturated rings. The first kappa shape index (κ1) is 16.1. The summed E-state index contributed by atoms with van der Waals surface area (Å²) in [6, 6.07) is 5.26. The Hall–Kier alpha value is -2.24. The maximum absolute atomic E-state index is 13.2. The van der Waals surface area contributed by atoms with E-state index in [0.717, 1.165) is 6.07 Å². The Labute approximate surface area is 126 Å². The first-order valence-corrected chi connectivity index (χ1v) is 6.83. The van der Waals surface area contributed by atoms with Gasteiger partial charge >= 0.3 is 12.1 Å². The standard InChI is InChI=1S/C16H16F3NO2/c1-3-22-15(21)13-9-20-10(2)8-12(13)11-6-4-5-7-14(11)16(17,18)19/h4-9,12,20H,3H2,1-2H3. The van der Waals surface area contributed by atoms with Crippen LogP contribution in [0.15, 0.2) is 47.8 Å². The number of hydrogen-bond acceptors (Lipinski definition) is 3. The number of rotatable bonds is 3. The van der Waals surface area contributed by atoms with Crippen molar-refractivity contribution in [1.82, 2.24) is 5.32 Å². The Morgan fingerprint density at radius 2 is 2.00 bits per heavy atom. The van der Waals surface area contributed by atoms with Crippen LogP contribution >= 0.6 is 0 Å². The van der Waals surface area contributed by atoms with Crippen LogP contribution in [0, 0.1) is 0 Å². The van der Waals surface area contributed by atoms with Gasteiger partial charge in [-0.25, -0.2) is 4.79 Å². The van der Waals surface area contributed by atoms with Gasteiger partial charge < -0.3 is 10.1 Å². The van der Waals surface area contributed by atoms with Gasteiger partial charge in [0.05, 0.1) is 17.7 Å². The van der Waals surface area contributed by atoms with Crippen molar-refractivity contribution in [3.8, 4) is 0 Å². The number of esters is 1. The molecule has 0 aromatic heterocycles. The second kappa shape index (κ2) is 6.25. The zero-order chi connectivity index (χ0) is 16.3. The molecule has 1 aromatic carbocycles. The summed E-state index contributed by atoms with van der Waals surface area (Å²) in [5.74, 6) is -1.42. The summed E-state index contributed by atoms with van der Waals surface area (Å²) >= 11 is 0. The van der Waals surface area contributed by atoms with Crippen LogP contribution in [0.5, 0.6) is 0 Å². The van der Waals surface area contributed by atoms with Crippen LogP contribution in [-0.4, -0.2) is 12.6 Å². The van der Waals surface area contributed by atoms with E-state index in [1.807, 2.05) is 0 Å². The van der Waals surface area contributed by atoms with Crippen molar-refractivity contribution in [2.75, 3.05) is 6.61 Å². The third-order valence-corrected chi connectivity index (χ3v) is 3.32. The monoisotopic (exact) mass is 311 g/mol. The molecule has 2 rings (SSSR count). The van der Waals surface area contributed by atoms with Crippen LogP contribution in [0.4, 0.5) is 13.2 Å². The Morgan fingerprint density at radius 3 is 2.64 bits per heavy atom. The second-order valence-electron chi connectivity index (χ2n) is 4.88. The van der Waals surface area contributed by atoms with E-state index in [1.54, 1.807) is 19.9 Å². The van der Waals surface area contributed by atoms with Crippen molar-refractivity contribution in [3.05, 3.63) is 58.9 Å². The number of ether oxygens (including phenoxy) is 1. The fourth-order valence-electron chi connectivity index (χ4n) is 2.35. The summed E-state index contributed by atoms with van der Waals surface area (Å²) in [6.45, 7) is 3.53. The lowest BCUT2D eigenvalue weighted by Gasteiger charge is -2.24. The molecule has 0 radical (unpaired) electrons. The Balaban J connectivity index is 2.50. The largest absolute Gasteiger partial charge is 0.463 e. The number of carbonyl (C=O) groups excluding carboxylic acids is 1. The molecule has 1 aliphatic rings. The molecular formula is C16H16F3NO2. The van der Waals surface area contributed by atoms with Gasteiger partial charge in [-0.05, 0) is 25.5 Å². The SMILES string of the molecule is CCOC(=O)C1=CNC(C)=CC1c1ccccc1C(F)(F)F. The molecule has 1 atom stereocenters. The van der Waals surface area contributed by atoms with Crippen molar-refractivity contribution in [3.63, 3.8) is 0 Å². The Bertz CT molecular complexity index is 633. The first-order chi connectivity index (χ1) is 10.3. The number of alkyl halides is 3. The normalized spacial score (nSPS) is 18.1. The lowest BCUT2D eigenvalue weighted by molar-refractivity contribution is -0.140. The molecule has 6 heteroatoms. The minimum Gasteiger partial charge on any atom is -0.463 e. The van der Waals surface area contributed by atoms with Crippen molar-refractivity contribution in [2.45, 2.75) is 25.9 Å². The topological polar surface area (TPSA) is 38.3 Å². The fourth-order valence-corrected chi connectivity index (χ4v) is 2.35. The molecule has 0 spiro atoms. The summed E-state index contributed by atoms with van der Waals surface area (Å²) in [4.78, 5) is 12.0. The van der Waals surface area contributed by atoms with E-state index in [2.05, 4.69) is 5.32 Å². The summed E-state index contributed by atoms with van der Waals surface area (Å²) in [5.41, 5.74) is 0.121. The molecule has 1 aliphatic heterocycles. The molecule has 1 heterocycles. The van der Waals surface area contributed by atoms with E-state index in [1.165, 1.54) is 24.4 Å².